The van der Waals surface area contributed by atoms with E-state index in [-0.39, 0.29) is 12.5 Å². The minimum atomic E-state index is -0.731. The van der Waals surface area contributed by atoms with Gasteiger partial charge in [-0.05, 0) is 60.3 Å². The van der Waals surface area contributed by atoms with Crippen LogP contribution in [0.2, 0.25) is 10.0 Å². The predicted molar refractivity (Wildman–Crippen MR) is 177 cm³/mol. The Kier molecular flexibility index (Phi) is 14.9. The van der Waals surface area contributed by atoms with E-state index in [0.29, 0.717) is 46.8 Å². The van der Waals surface area contributed by atoms with Gasteiger partial charge in [-0.15, -0.1) is 0 Å². The maximum atomic E-state index is 11.6. The van der Waals surface area contributed by atoms with Gasteiger partial charge in [-0.1, -0.05) is 90.7 Å². The highest BCUT2D eigenvalue weighted by Gasteiger charge is 2.17. The lowest BCUT2D eigenvalue weighted by molar-refractivity contribution is -0.130. The molecule has 0 bridgehead atoms. The first-order chi connectivity index (χ1) is 20.7. The number of carbonyl (C=O) groups is 1. The Balaban J connectivity index is 1.34. The van der Waals surface area contributed by atoms with Crippen LogP contribution in [-0.4, -0.2) is 67.8 Å². The number of anilines is 1. The number of carbonyl (C=O) groups excluding carboxylic acids is 1. The second-order valence-electron chi connectivity index (χ2n) is 10.7. The first-order valence-corrected chi connectivity index (χ1v) is 15.3. The summed E-state index contributed by atoms with van der Waals surface area (Å²) in [6.45, 7) is 3.37. The molecule has 3 aromatic rings. The number of likely N-dealkylation sites (N-methyl/N-ethyl adjacent to an activating group) is 1. The molecule has 0 spiro atoms. The number of unbranched alkanes of at least 4 members (excludes halogenated alkanes) is 3. The number of halogens is 2. The molecular formula is C34H43Cl2N3O4. The number of aliphatic hydroxyl groups is 1. The van der Waals surface area contributed by atoms with Gasteiger partial charge >= 0.3 is 0 Å². The van der Waals surface area contributed by atoms with Gasteiger partial charge in [0.15, 0.2) is 6.61 Å². The summed E-state index contributed by atoms with van der Waals surface area (Å²) >= 11 is 12.4. The minimum absolute atomic E-state index is 0.0288. The zero-order valence-electron chi connectivity index (χ0n) is 25.1. The third-order valence-corrected chi connectivity index (χ3v) is 7.57. The second kappa shape index (κ2) is 18.6. The zero-order valence-corrected chi connectivity index (χ0v) is 26.6. The average molecular weight is 629 g/mol. The van der Waals surface area contributed by atoms with Crippen molar-refractivity contribution in [1.82, 2.24) is 9.80 Å². The molecule has 1 atom stereocenters. The van der Waals surface area contributed by atoms with E-state index in [2.05, 4.69) is 17.0 Å². The maximum absolute atomic E-state index is 11.6. The van der Waals surface area contributed by atoms with Crippen LogP contribution in [0.4, 0.5) is 5.69 Å². The fraction of sp³-hybridized carbons (Fsp3) is 0.382. The maximum Gasteiger partial charge on any atom is 0.259 e. The smallest absolute Gasteiger partial charge is 0.259 e. The van der Waals surface area contributed by atoms with E-state index in [0.717, 1.165) is 44.3 Å². The van der Waals surface area contributed by atoms with Gasteiger partial charge in [0.1, 0.15) is 5.75 Å². The van der Waals surface area contributed by atoms with Crippen molar-refractivity contribution < 1.29 is 19.4 Å². The molecule has 1 unspecified atom stereocenters. The van der Waals surface area contributed by atoms with E-state index in [4.69, 9.17) is 38.4 Å². The molecule has 0 saturated carbocycles. The zero-order chi connectivity index (χ0) is 31.0. The van der Waals surface area contributed by atoms with Crippen LogP contribution < -0.4 is 10.5 Å². The van der Waals surface area contributed by atoms with E-state index >= 15 is 0 Å². The molecule has 0 aliphatic rings. The van der Waals surface area contributed by atoms with E-state index < -0.39 is 6.10 Å². The van der Waals surface area contributed by atoms with Crippen LogP contribution in [-0.2, 0) is 16.1 Å². The number of nitrogens with zero attached hydrogens (tertiary/aromatic N) is 2. The van der Waals surface area contributed by atoms with Gasteiger partial charge in [0.25, 0.3) is 5.91 Å². The van der Waals surface area contributed by atoms with Crippen LogP contribution >= 0.6 is 23.2 Å². The van der Waals surface area contributed by atoms with Crippen molar-refractivity contribution >= 4 is 40.9 Å². The van der Waals surface area contributed by atoms with Gasteiger partial charge < -0.3 is 25.2 Å². The lowest BCUT2D eigenvalue weighted by Crippen LogP contribution is -2.29. The molecule has 3 N–H and O–H groups in total. The van der Waals surface area contributed by atoms with Crippen molar-refractivity contribution in [3.8, 4) is 5.75 Å². The lowest BCUT2D eigenvalue weighted by atomic mass is 10.1. The highest BCUT2D eigenvalue weighted by Crippen LogP contribution is 2.31. The third-order valence-electron chi connectivity index (χ3n) is 6.94. The summed E-state index contributed by atoms with van der Waals surface area (Å²) in [5, 5.41) is 11.7. The summed E-state index contributed by atoms with van der Waals surface area (Å²) in [7, 11) is 3.41. The van der Waals surface area contributed by atoms with Gasteiger partial charge in [0.05, 0.1) is 28.4 Å². The Morgan fingerprint density at radius 1 is 0.977 bits per heavy atom. The van der Waals surface area contributed by atoms with Gasteiger partial charge in [-0.3, -0.25) is 9.69 Å². The molecule has 0 aromatic heterocycles. The van der Waals surface area contributed by atoms with Crippen molar-refractivity contribution in [2.24, 2.45) is 0 Å². The van der Waals surface area contributed by atoms with Crippen LogP contribution in [0.1, 0.15) is 48.5 Å². The summed E-state index contributed by atoms with van der Waals surface area (Å²) in [6, 6.07) is 21.2. The molecule has 0 fully saturated rings. The summed E-state index contributed by atoms with van der Waals surface area (Å²) in [5.74, 6) is 0.591. The molecule has 9 heteroatoms. The standard InChI is InChI=1S/C34H43Cl2N3O4/c1-38(2)33(41)25-43-29-16-14-26(15-17-29)13-10-20-42-19-9-4-3-8-18-39(23-27-11-6-5-7-12-27)24-32(40)28-21-30(35)34(37)31(36)22-28/h5-7,10-17,21-22,32,40H,3-4,8-9,18-20,23-25,37H2,1-2H3. The molecule has 0 aliphatic carbocycles. The molecule has 7 nitrogen and oxygen atoms in total. The van der Waals surface area contributed by atoms with Crippen molar-refractivity contribution in [2.75, 3.05) is 52.7 Å². The van der Waals surface area contributed by atoms with E-state index in [9.17, 15) is 9.90 Å². The third kappa shape index (κ3) is 12.6. The van der Waals surface area contributed by atoms with Crippen molar-refractivity contribution in [3.63, 3.8) is 0 Å². The normalized spacial score (nSPS) is 12.1. The van der Waals surface area contributed by atoms with Crippen LogP contribution in [0, 0.1) is 0 Å². The lowest BCUT2D eigenvalue weighted by Gasteiger charge is -2.26. The molecule has 3 aromatic carbocycles. The van der Waals surface area contributed by atoms with E-state index in [1.165, 1.54) is 10.5 Å². The first-order valence-electron chi connectivity index (χ1n) is 14.6. The Morgan fingerprint density at radius 3 is 2.33 bits per heavy atom. The summed E-state index contributed by atoms with van der Waals surface area (Å²) in [6.07, 6.45) is 7.45. The topological polar surface area (TPSA) is 88.3 Å². The Morgan fingerprint density at radius 2 is 1.65 bits per heavy atom. The van der Waals surface area contributed by atoms with E-state index in [1.807, 2.05) is 54.6 Å². The molecule has 0 aliphatic heterocycles. The molecule has 0 radical (unpaired) electrons. The second-order valence-corrected chi connectivity index (χ2v) is 11.5. The number of hydrogen-bond donors (Lipinski definition) is 2. The number of benzene rings is 3. The van der Waals surface area contributed by atoms with Crippen molar-refractivity contribution in [3.05, 3.63) is 99.5 Å². The van der Waals surface area contributed by atoms with Crippen LogP contribution in [0.3, 0.4) is 0 Å². The van der Waals surface area contributed by atoms with Crippen LogP contribution in [0.5, 0.6) is 5.75 Å². The van der Waals surface area contributed by atoms with Crippen LogP contribution in [0.15, 0.2) is 72.8 Å². The monoisotopic (exact) mass is 627 g/mol. The molecule has 43 heavy (non-hydrogen) atoms. The highest BCUT2D eigenvalue weighted by molar-refractivity contribution is 6.38. The number of aliphatic hydroxyl groups excluding tert-OH is 1. The van der Waals surface area contributed by atoms with Gasteiger partial charge in [0.2, 0.25) is 0 Å². The predicted octanol–water partition coefficient (Wildman–Crippen LogP) is 6.87. The number of hydrogen-bond acceptors (Lipinski definition) is 6. The molecule has 232 valence electrons. The number of nitrogens with two attached hydrogens (primary N) is 1. The summed E-state index contributed by atoms with van der Waals surface area (Å²) in [4.78, 5) is 15.4. The fourth-order valence-corrected chi connectivity index (χ4v) is 4.90. The number of nitrogen functional groups attached to an aromatic ring is 1. The van der Waals surface area contributed by atoms with E-state index in [1.54, 1.807) is 26.2 Å². The minimum Gasteiger partial charge on any atom is -0.484 e. The number of rotatable bonds is 18. The Bertz CT molecular complexity index is 1260. The summed E-state index contributed by atoms with van der Waals surface area (Å²) < 4.78 is 11.3. The molecule has 3 rings (SSSR count). The van der Waals surface area contributed by atoms with Crippen molar-refractivity contribution in [1.29, 1.82) is 0 Å². The largest absolute Gasteiger partial charge is 0.484 e. The first kappa shape index (κ1) is 34.4. The highest BCUT2D eigenvalue weighted by atomic mass is 35.5. The molecular weight excluding hydrogens is 585 g/mol. The quantitative estimate of drug-likeness (QED) is 0.118. The SMILES string of the molecule is CN(C)C(=O)COc1ccc(C=CCOCCCCCCN(Cc2ccccc2)CC(O)c2cc(Cl)c(N)c(Cl)c2)cc1. The summed E-state index contributed by atoms with van der Waals surface area (Å²) in [5.41, 5.74) is 9.09. The van der Waals surface area contributed by atoms with Crippen molar-refractivity contribution in [2.45, 2.75) is 38.3 Å². The Labute approximate surface area is 265 Å². The average Bonchev–Trinajstić information content (AvgIpc) is 3.00. The number of ether oxygens (including phenoxy) is 2. The van der Waals surface area contributed by atoms with Gasteiger partial charge in [0, 0.05) is 33.8 Å². The number of amides is 1. The van der Waals surface area contributed by atoms with Gasteiger partial charge in [-0.25, -0.2) is 0 Å². The molecule has 1 amide bonds. The van der Waals surface area contributed by atoms with Gasteiger partial charge in [-0.2, -0.15) is 0 Å². The van der Waals surface area contributed by atoms with Crippen LogP contribution in [0.25, 0.3) is 6.08 Å². The molecule has 0 saturated heterocycles. The molecule has 0 heterocycles. The fourth-order valence-electron chi connectivity index (χ4n) is 4.40. The Hall–Kier alpha value is -3.07.